The molecule has 0 atom stereocenters. The molecular weight excluding hydrogens is 348 g/mol. The highest BCUT2D eigenvalue weighted by Gasteiger charge is 2.16. The molecule has 0 saturated heterocycles. The number of hydrogen-bond donors (Lipinski definition) is 1. The first-order valence-corrected chi connectivity index (χ1v) is 8.68. The lowest BCUT2D eigenvalue weighted by atomic mass is 10.2. The summed E-state index contributed by atoms with van der Waals surface area (Å²) in [5, 5.41) is 2.80. The molecule has 8 nitrogen and oxygen atoms in total. The average Bonchev–Trinajstić information content (AvgIpc) is 2.71. The number of methoxy groups -OCH3 is 3. The van der Waals surface area contributed by atoms with Gasteiger partial charge < -0.3 is 24.4 Å². The van der Waals surface area contributed by atoms with E-state index in [2.05, 4.69) is 22.2 Å². The first-order chi connectivity index (χ1) is 13.0. The first-order valence-electron chi connectivity index (χ1n) is 8.68. The van der Waals surface area contributed by atoms with E-state index in [-0.39, 0.29) is 11.6 Å². The number of carbonyl (C=O) groups excluding carboxylic acids is 1. The van der Waals surface area contributed by atoms with Crippen LogP contribution in [0.5, 0.6) is 17.2 Å². The Morgan fingerprint density at radius 1 is 1.07 bits per heavy atom. The van der Waals surface area contributed by atoms with E-state index in [0.29, 0.717) is 28.8 Å². The third-order valence-electron chi connectivity index (χ3n) is 4.05. The molecule has 2 rings (SSSR count). The summed E-state index contributed by atoms with van der Waals surface area (Å²) in [4.78, 5) is 22.9. The second-order valence-electron chi connectivity index (χ2n) is 5.90. The van der Waals surface area contributed by atoms with E-state index in [9.17, 15) is 4.79 Å². The number of carbonyl (C=O) groups is 1. The van der Waals surface area contributed by atoms with Gasteiger partial charge in [-0.1, -0.05) is 13.3 Å². The van der Waals surface area contributed by atoms with Gasteiger partial charge in [0.05, 0.1) is 21.3 Å². The van der Waals surface area contributed by atoms with E-state index in [1.54, 1.807) is 18.2 Å². The van der Waals surface area contributed by atoms with Crippen LogP contribution in [0.25, 0.3) is 0 Å². The molecular formula is C19H26N4O4. The smallest absolute Gasteiger partial charge is 0.274 e. The van der Waals surface area contributed by atoms with Crippen LogP contribution in [0, 0.1) is 0 Å². The Morgan fingerprint density at radius 3 is 2.30 bits per heavy atom. The second kappa shape index (κ2) is 9.61. The van der Waals surface area contributed by atoms with Crippen molar-refractivity contribution in [3.05, 3.63) is 30.2 Å². The van der Waals surface area contributed by atoms with Crippen LogP contribution in [-0.2, 0) is 0 Å². The zero-order valence-electron chi connectivity index (χ0n) is 16.4. The SMILES string of the molecule is CCCCN(C)c1cc(C(=O)Nc2cc(OC)c(OC)c(OC)c2)ncn1. The number of anilines is 2. The van der Waals surface area contributed by atoms with Gasteiger partial charge in [0.25, 0.3) is 5.91 Å². The van der Waals surface area contributed by atoms with Crippen LogP contribution in [0.2, 0.25) is 0 Å². The Morgan fingerprint density at radius 2 is 1.74 bits per heavy atom. The van der Waals surface area contributed by atoms with Gasteiger partial charge in [0.1, 0.15) is 17.8 Å². The molecule has 0 aliphatic rings. The lowest BCUT2D eigenvalue weighted by molar-refractivity contribution is 0.102. The predicted octanol–water partition coefficient (Wildman–Crippen LogP) is 2.99. The Bertz CT molecular complexity index is 757. The van der Waals surface area contributed by atoms with Gasteiger partial charge in [-0.15, -0.1) is 0 Å². The van der Waals surface area contributed by atoms with Crippen molar-refractivity contribution in [3.63, 3.8) is 0 Å². The van der Waals surface area contributed by atoms with Crippen LogP contribution in [0.1, 0.15) is 30.3 Å². The van der Waals surface area contributed by atoms with E-state index in [1.165, 1.54) is 27.7 Å². The van der Waals surface area contributed by atoms with Crippen molar-refractivity contribution in [3.8, 4) is 17.2 Å². The number of benzene rings is 1. The Kier molecular flexibility index (Phi) is 7.22. The Labute approximate surface area is 159 Å². The quantitative estimate of drug-likeness (QED) is 0.722. The highest BCUT2D eigenvalue weighted by atomic mass is 16.5. The molecule has 0 radical (unpaired) electrons. The number of aromatic nitrogens is 2. The fourth-order valence-corrected chi connectivity index (χ4v) is 2.54. The first kappa shape index (κ1) is 20.3. The van der Waals surface area contributed by atoms with Gasteiger partial charge in [-0.05, 0) is 6.42 Å². The van der Waals surface area contributed by atoms with E-state index in [4.69, 9.17) is 14.2 Å². The Hall–Kier alpha value is -3.03. The van der Waals surface area contributed by atoms with Crippen LogP contribution < -0.4 is 24.4 Å². The third kappa shape index (κ3) is 4.99. The van der Waals surface area contributed by atoms with Gasteiger partial charge in [-0.2, -0.15) is 0 Å². The summed E-state index contributed by atoms with van der Waals surface area (Å²) < 4.78 is 15.9. The number of unbranched alkanes of at least 4 members (excludes halogenated alkanes) is 1. The minimum atomic E-state index is -0.350. The largest absolute Gasteiger partial charge is 0.493 e. The minimum Gasteiger partial charge on any atom is -0.493 e. The molecule has 1 aromatic heterocycles. The standard InChI is InChI=1S/C19H26N4O4/c1-6-7-8-23(2)17-11-14(20-12-21-17)19(24)22-13-9-15(25-3)18(27-5)16(10-13)26-4/h9-12H,6-8H2,1-5H3,(H,22,24). The van der Waals surface area contributed by atoms with Crippen molar-refractivity contribution in [2.45, 2.75) is 19.8 Å². The molecule has 146 valence electrons. The number of amides is 1. The zero-order valence-corrected chi connectivity index (χ0v) is 16.4. The summed E-state index contributed by atoms with van der Waals surface area (Å²) in [6.45, 7) is 2.99. The molecule has 1 amide bonds. The minimum absolute atomic E-state index is 0.275. The normalized spacial score (nSPS) is 10.3. The van der Waals surface area contributed by atoms with E-state index in [1.807, 2.05) is 11.9 Å². The topological polar surface area (TPSA) is 85.8 Å². The van der Waals surface area contributed by atoms with E-state index < -0.39 is 0 Å². The molecule has 0 bridgehead atoms. The Balaban J connectivity index is 2.22. The lowest BCUT2D eigenvalue weighted by Gasteiger charge is -2.18. The molecule has 1 heterocycles. The average molecular weight is 374 g/mol. The molecule has 0 aliphatic carbocycles. The number of nitrogens with one attached hydrogen (secondary N) is 1. The van der Waals surface area contributed by atoms with Crippen LogP contribution in [-0.4, -0.2) is 50.8 Å². The summed E-state index contributed by atoms with van der Waals surface area (Å²) in [5.41, 5.74) is 0.783. The van der Waals surface area contributed by atoms with Gasteiger partial charge in [0, 0.05) is 37.5 Å². The molecule has 1 N–H and O–H groups in total. The van der Waals surface area contributed by atoms with Crippen molar-refractivity contribution in [1.82, 2.24) is 9.97 Å². The van der Waals surface area contributed by atoms with Gasteiger partial charge in [-0.3, -0.25) is 4.79 Å². The molecule has 0 saturated carbocycles. The second-order valence-corrected chi connectivity index (χ2v) is 5.90. The van der Waals surface area contributed by atoms with E-state index in [0.717, 1.165) is 19.4 Å². The van der Waals surface area contributed by atoms with Gasteiger partial charge in [0.2, 0.25) is 5.75 Å². The van der Waals surface area contributed by atoms with Crippen molar-refractivity contribution in [2.75, 3.05) is 45.1 Å². The summed E-state index contributed by atoms with van der Waals surface area (Å²) in [5.74, 6) is 1.72. The number of rotatable bonds is 9. The van der Waals surface area contributed by atoms with Crippen LogP contribution in [0.4, 0.5) is 11.5 Å². The zero-order chi connectivity index (χ0) is 19.8. The van der Waals surface area contributed by atoms with Crippen molar-refractivity contribution in [1.29, 1.82) is 0 Å². The van der Waals surface area contributed by atoms with Crippen LogP contribution >= 0.6 is 0 Å². The van der Waals surface area contributed by atoms with Gasteiger partial charge >= 0.3 is 0 Å². The maximum Gasteiger partial charge on any atom is 0.274 e. The summed E-state index contributed by atoms with van der Waals surface area (Å²) in [6, 6.07) is 4.99. The molecule has 0 spiro atoms. The summed E-state index contributed by atoms with van der Waals surface area (Å²) >= 11 is 0. The van der Waals surface area contributed by atoms with Crippen molar-refractivity contribution in [2.24, 2.45) is 0 Å². The molecule has 0 fully saturated rings. The third-order valence-corrected chi connectivity index (χ3v) is 4.05. The maximum absolute atomic E-state index is 12.6. The maximum atomic E-state index is 12.6. The van der Waals surface area contributed by atoms with Crippen LogP contribution in [0.15, 0.2) is 24.5 Å². The number of ether oxygens (including phenoxy) is 3. The number of hydrogen-bond acceptors (Lipinski definition) is 7. The highest BCUT2D eigenvalue weighted by Crippen LogP contribution is 2.40. The van der Waals surface area contributed by atoms with E-state index >= 15 is 0 Å². The van der Waals surface area contributed by atoms with Gasteiger partial charge in [-0.25, -0.2) is 9.97 Å². The molecule has 1 aromatic carbocycles. The fourth-order valence-electron chi connectivity index (χ4n) is 2.54. The predicted molar refractivity (Wildman–Crippen MR) is 104 cm³/mol. The monoisotopic (exact) mass is 374 g/mol. The molecule has 0 aliphatic heterocycles. The molecule has 27 heavy (non-hydrogen) atoms. The highest BCUT2D eigenvalue weighted by molar-refractivity contribution is 6.03. The molecule has 0 unspecified atom stereocenters. The molecule has 8 heteroatoms. The van der Waals surface area contributed by atoms with Gasteiger partial charge in [0.15, 0.2) is 11.5 Å². The lowest BCUT2D eigenvalue weighted by Crippen LogP contribution is -2.21. The summed E-state index contributed by atoms with van der Waals surface area (Å²) in [7, 11) is 6.51. The fraction of sp³-hybridized carbons (Fsp3) is 0.421. The molecule has 2 aromatic rings. The number of nitrogens with zero attached hydrogens (tertiary/aromatic N) is 3. The van der Waals surface area contributed by atoms with Crippen LogP contribution in [0.3, 0.4) is 0 Å². The van der Waals surface area contributed by atoms with Crippen molar-refractivity contribution < 1.29 is 19.0 Å². The summed E-state index contributed by atoms with van der Waals surface area (Å²) in [6.07, 6.45) is 3.53. The van der Waals surface area contributed by atoms with Crippen molar-refractivity contribution >= 4 is 17.4 Å².